The van der Waals surface area contributed by atoms with Crippen molar-refractivity contribution < 1.29 is 9.59 Å². The highest BCUT2D eigenvalue weighted by molar-refractivity contribution is 6.33. The van der Waals surface area contributed by atoms with E-state index >= 15 is 0 Å². The molecule has 264 valence electrons. The molecule has 1 aromatic heterocycles. The van der Waals surface area contributed by atoms with Gasteiger partial charge in [-0.1, -0.05) is 54.9 Å². The summed E-state index contributed by atoms with van der Waals surface area (Å²) in [6.07, 6.45) is 5.21. The van der Waals surface area contributed by atoms with Gasteiger partial charge < -0.3 is 25.8 Å². The molecule has 4 N–H and O–H groups in total. The van der Waals surface area contributed by atoms with Crippen molar-refractivity contribution in [3.63, 3.8) is 0 Å². The lowest BCUT2D eigenvalue weighted by Gasteiger charge is -2.39. The van der Waals surface area contributed by atoms with Crippen molar-refractivity contribution in [1.82, 2.24) is 39.7 Å². The summed E-state index contributed by atoms with van der Waals surface area (Å²) in [6.45, 7) is 8.60. The summed E-state index contributed by atoms with van der Waals surface area (Å²) < 4.78 is 1.51. The lowest BCUT2D eigenvalue weighted by Crippen LogP contribution is -2.56. The fourth-order valence-electron chi connectivity index (χ4n) is 7.55. The van der Waals surface area contributed by atoms with E-state index in [2.05, 4.69) is 32.2 Å². The van der Waals surface area contributed by atoms with Crippen molar-refractivity contribution in [2.45, 2.75) is 70.0 Å². The van der Waals surface area contributed by atoms with Gasteiger partial charge in [0.2, 0.25) is 5.91 Å². The fourth-order valence-corrected chi connectivity index (χ4v) is 7.81. The van der Waals surface area contributed by atoms with Crippen LogP contribution in [0.2, 0.25) is 5.02 Å². The molecule has 49 heavy (non-hydrogen) atoms. The van der Waals surface area contributed by atoms with Gasteiger partial charge in [-0.15, -0.1) is 5.10 Å². The Labute approximate surface area is 293 Å². The number of likely N-dealkylation sites (N-methyl/N-ethyl adjacent to an activating group) is 1. The number of rotatable bonds is 8. The number of hydrogen-bond donors (Lipinski definition) is 3. The van der Waals surface area contributed by atoms with Gasteiger partial charge >= 0.3 is 11.7 Å². The molecule has 1 atom stereocenters. The molecule has 12 nitrogen and oxygen atoms in total. The Balaban J connectivity index is 1.11. The van der Waals surface area contributed by atoms with Crippen LogP contribution in [0.3, 0.4) is 0 Å². The number of aryl methyl sites for hydroxylation is 1. The largest absolute Gasteiger partial charge is 0.397 e. The minimum Gasteiger partial charge on any atom is -0.397 e. The number of aromatic amines is 1. The Kier molecular flexibility index (Phi) is 11.3. The first kappa shape index (κ1) is 35.0. The number of nitrogens with two attached hydrogens (primary N) is 1. The van der Waals surface area contributed by atoms with Crippen LogP contribution >= 0.6 is 11.6 Å². The van der Waals surface area contributed by atoms with Crippen LogP contribution in [0.5, 0.6) is 0 Å². The summed E-state index contributed by atoms with van der Waals surface area (Å²) in [5.41, 5.74) is 9.15. The quantitative estimate of drug-likeness (QED) is 0.307. The van der Waals surface area contributed by atoms with E-state index in [0.29, 0.717) is 74.4 Å². The van der Waals surface area contributed by atoms with Gasteiger partial charge in [-0.05, 0) is 75.9 Å². The van der Waals surface area contributed by atoms with Crippen LogP contribution in [0.1, 0.15) is 56.2 Å². The number of nitrogens with one attached hydrogen (secondary N) is 2. The molecule has 0 saturated carbocycles. The highest BCUT2D eigenvalue weighted by atomic mass is 35.5. The van der Waals surface area contributed by atoms with Crippen molar-refractivity contribution >= 4 is 29.2 Å². The van der Waals surface area contributed by atoms with E-state index in [1.54, 1.807) is 4.90 Å². The molecule has 0 spiro atoms. The summed E-state index contributed by atoms with van der Waals surface area (Å²) in [4.78, 5) is 52.2. The van der Waals surface area contributed by atoms with Crippen molar-refractivity contribution in [1.29, 1.82) is 0 Å². The maximum Gasteiger partial charge on any atom is 0.343 e. The molecule has 3 aromatic rings. The van der Waals surface area contributed by atoms with Crippen molar-refractivity contribution in [2.24, 2.45) is 0 Å². The number of piperidine rings is 2. The molecule has 3 aliphatic rings. The lowest BCUT2D eigenvalue weighted by atomic mass is 9.98. The predicted molar refractivity (Wildman–Crippen MR) is 193 cm³/mol. The number of benzene rings is 2. The Morgan fingerprint density at radius 1 is 0.959 bits per heavy atom. The number of H-pyrrole nitrogens is 1. The van der Waals surface area contributed by atoms with E-state index in [1.165, 1.54) is 4.68 Å². The lowest BCUT2D eigenvalue weighted by molar-refractivity contribution is -0.134. The van der Waals surface area contributed by atoms with Gasteiger partial charge in [0, 0.05) is 57.3 Å². The van der Waals surface area contributed by atoms with Gasteiger partial charge in [-0.3, -0.25) is 14.7 Å². The summed E-state index contributed by atoms with van der Waals surface area (Å²) >= 11 is 6.50. The zero-order valence-corrected chi connectivity index (χ0v) is 29.5. The number of urea groups is 1. The molecular weight excluding hydrogens is 642 g/mol. The van der Waals surface area contributed by atoms with E-state index in [0.717, 1.165) is 62.1 Å². The van der Waals surface area contributed by atoms with Crippen LogP contribution in [0.25, 0.3) is 11.4 Å². The number of amides is 3. The third-order valence-corrected chi connectivity index (χ3v) is 10.8. The average molecular weight is 692 g/mol. The number of anilines is 1. The summed E-state index contributed by atoms with van der Waals surface area (Å²) in [6, 6.07) is 12.7. The molecule has 6 rings (SSSR count). The number of carbonyl (C=O) groups excluding carboxylic acids is 2. The van der Waals surface area contributed by atoms with Gasteiger partial charge in [0.25, 0.3) is 0 Å². The van der Waals surface area contributed by atoms with E-state index in [1.807, 2.05) is 54.3 Å². The van der Waals surface area contributed by atoms with E-state index in [-0.39, 0.29) is 23.7 Å². The molecule has 3 amide bonds. The molecule has 0 unspecified atom stereocenters. The molecular formula is C36H50ClN9O3. The Morgan fingerprint density at radius 2 is 1.65 bits per heavy atom. The number of likely N-dealkylation sites (tertiary alicyclic amines) is 2. The molecule has 4 heterocycles. The minimum atomic E-state index is -0.750. The van der Waals surface area contributed by atoms with Gasteiger partial charge in [-0.25, -0.2) is 14.3 Å². The summed E-state index contributed by atoms with van der Waals surface area (Å²) in [5, 5.41) is 8.13. The minimum absolute atomic E-state index is 0.0696. The van der Waals surface area contributed by atoms with Gasteiger partial charge in [0.1, 0.15) is 6.04 Å². The second-order valence-electron chi connectivity index (χ2n) is 13.8. The zero-order valence-electron chi connectivity index (χ0n) is 28.7. The maximum absolute atomic E-state index is 14.2. The van der Waals surface area contributed by atoms with Crippen LogP contribution in [-0.2, 0) is 17.6 Å². The number of hydrogen-bond acceptors (Lipinski definition) is 7. The van der Waals surface area contributed by atoms with Crippen LogP contribution < -0.4 is 16.7 Å². The topological polar surface area (TPSA) is 136 Å². The van der Waals surface area contributed by atoms with E-state index in [9.17, 15) is 14.4 Å². The molecule has 0 radical (unpaired) electrons. The normalized spacial score (nSPS) is 19.5. The van der Waals surface area contributed by atoms with E-state index in [4.69, 9.17) is 17.3 Å². The SMILES string of the molecule is CCc1cc(C[C@@H](NC(=O)N2CCC(n3nc(-c4ccccc4)[nH]c3=O)CC2)C(=O)N2CCC(N3CCCN(C)CC3)CC2)cc(Cl)c1N. The fraction of sp³-hybridized carbons (Fsp3) is 0.556. The van der Waals surface area contributed by atoms with Crippen LogP contribution in [0.4, 0.5) is 10.5 Å². The van der Waals surface area contributed by atoms with Crippen molar-refractivity contribution in [3.8, 4) is 11.4 Å². The first-order valence-corrected chi connectivity index (χ1v) is 18.2. The average Bonchev–Trinajstić information content (AvgIpc) is 3.38. The monoisotopic (exact) mass is 691 g/mol. The molecule has 0 bridgehead atoms. The molecule has 13 heteroatoms. The zero-order chi connectivity index (χ0) is 34.5. The third kappa shape index (κ3) is 8.30. The Hall–Kier alpha value is -3.87. The maximum atomic E-state index is 14.2. The summed E-state index contributed by atoms with van der Waals surface area (Å²) in [5.74, 6) is 0.462. The second kappa shape index (κ2) is 15.8. The smallest absolute Gasteiger partial charge is 0.343 e. The number of aromatic nitrogens is 3. The standard InChI is InChI=1S/C36H50ClN9O3/c1-3-26-22-25(23-30(37)32(26)38)24-31(34(47)44-16-10-28(11-17-44)43-15-7-14-42(2)20-21-43)39-35(48)45-18-12-29(13-19-45)46-36(49)40-33(41-46)27-8-5-4-6-9-27/h4-6,8-9,22-23,28-29,31H,3,7,10-21,24,38H2,1-2H3,(H,39,48)(H,40,41,49)/t31-/m1/s1. The highest BCUT2D eigenvalue weighted by Gasteiger charge is 2.34. The Bertz CT molecular complexity index is 1640. The van der Waals surface area contributed by atoms with Crippen molar-refractivity contribution in [2.75, 3.05) is 65.1 Å². The number of nitrogens with zero attached hydrogens (tertiary/aromatic N) is 6. The second-order valence-corrected chi connectivity index (χ2v) is 14.2. The van der Waals surface area contributed by atoms with Crippen LogP contribution in [-0.4, -0.2) is 118 Å². The number of carbonyl (C=O) groups is 2. The molecule has 2 aromatic carbocycles. The number of nitrogen functional groups attached to an aromatic ring is 1. The molecule has 3 saturated heterocycles. The molecule has 3 aliphatic heterocycles. The van der Waals surface area contributed by atoms with E-state index < -0.39 is 6.04 Å². The predicted octanol–water partition coefficient (Wildman–Crippen LogP) is 3.62. The van der Waals surface area contributed by atoms with Crippen molar-refractivity contribution in [3.05, 3.63) is 69.1 Å². The summed E-state index contributed by atoms with van der Waals surface area (Å²) in [7, 11) is 2.18. The first-order valence-electron chi connectivity index (χ1n) is 17.8. The van der Waals surface area contributed by atoms with Crippen LogP contribution in [0.15, 0.2) is 47.3 Å². The van der Waals surface area contributed by atoms with Gasteiger partial charge in [0.05, 0.1) is 16.8 Å². The molecule has 0 aliphatic carbocycles. The Morgan fingerprint density at radius 3 is 2.37 bits per heavy atom. The highest BCUT2D eigenvalue weighted by Crippen LogP contribution is 2.27. The first-order chi connectivity index (χ1) is 23.7. The number of halogens is 1. The third-order valence-electron chi connectivity index (χ3n) is 10.5. The van der Waals surface area contributed by atoms with Gasteiger partial charge in [-0.2, -0.15) is 0 Å². The molecule has 3 fully saturated rings. The van der Waals surface area contributed by atoms with Gasteiger partial charge in [0.15, 0.2) is 5.82 Å². The van der Waals surface area contributed by atoms with Crippen LogP contribution in [0, 0.1) is 0 Å².